The maximum Gasteiger partial charge on any atom is 0.435 e. The minimum Gasteiger partial charge on any atom is -0.241 e. The largest absolute Gasteiger partial charge is 0.435 e. The molecule has 0 N–H and O–H groups in total. The molecule has 0 bridgehead atoms. The van der Waals surface area contributed by atoms with Crippen molar-refractivity contribution in [2.75, 3.05) is 0 Å². The van der Waals surface area contributed by atoms with Crippen molar-refractivity contribution in [2.45, 2.75) is 6.18 Å². The molecule has 2 rings (SSSR count). The van der Waals surface area contributed by atoms with Gasteiger partial charge in [0.25, 0.3) is 0 Å². The summed E-state index contributed by atoms with van der Waals surface area (Å²) in [6.07, 6.45) is -1.88. The molecule has 14 heavy (non-hydrogen) atoms. The Bertz CT molecular complexity index is 476. The number of alkyl halides is 3. The molecule has 74 valence electrons. The van der Waals surface area contributed by atoms with Gasteiger partial charge in [0.05, 0.1) is 0 Å². The van der Waals surface area contributed by atoms with E-state index in [1.807, 2.05) is 0 Å². The van der Waals surface area contributed by atoms with Crippen molar-refractivity contribution < 1.29 is 13.2 Å². The Morgan fingerprint density at radius 3 is 2.64 bits per heavy atom. The van der Waals surface area contributed by atoms with Crippen LogP contribution in [0.1, 0.15) is 5.69 Å². The lowest BCUT2D eigenvalue weighted by atomic mass is 10.4. The van der Waals surface area contributed by atoms with Gasteiger partial charge in [-0.05, 0) is 6.07 Å². The molecule has 0 saturated carbocycles. The lowest BCUT2D eigenvalue weighted by Gasteiger charge is -1.98. The number of rotatable bonds is 0. The van der Waals surface area contributed by atoms with Crippen LogP contribution < -0.4 is 0 Å². The second kappa shape index (κ2) is 2.84. The molecule has 0 aliphatic heterocycles. The van der Waals surface area contributed by atoms with Gasteiger partial charge in [0.2, 0.25) is 0 Å². The molecule has 0 fully saturated rings. The van der Waals surface area contributed by atoms with E-state index in [-0.39, 0.29) is 10.7 Å². The summed E-state index contributed by atoms with van der Waals surface area (Å²) in [6.45, 7) is 0. The second-order valence-corrected chi connectivity index (χ2v) is 2.93. The Hall–Kier alpha value is -1.30. The van der Waals surface area contributed by atoms with E-state index >= 15 is 0 Å². The van der Waals surface area contributed by atoms with Crippen molar-refractivity contribution in [3.05, 3.63) is 29.3 Å². The number of fused-ring (bicyclic) bond motifs is 1. The third-order valence-corrected chi connectivity index (χ3v) is 1.92. The zero-order valence-corrected chi connectivity index (χ0v) is 7.34. The topological polar surface area (TPSA) is 30.2 Å². The first-order valence-corrected chi connectivity index (χ1v) is 3.93. The minimum atomic E-state index is -4.46. The SMILES string of the molecule is FC(F)(F)c1cc2c(Cl)nccn2n1. The Morgan fingerprint density at radius 2 is 2.07 bits per heavy atom. The fourth-order valence-corrected chi connectivity index (χ4v) is 1.23. The summed E-state index contributed by atoms with van der Waals surface area (Å²) < 4.78 is 37.7. The van der Waals surface area contributed by atoms with Crippen LogP contribution in [0, 0.1) is 0 Å². The van der Waals surface area contributed by atoms with Crippen LogP contribution in [-0.2, 0) is 6.18 Å². The van der Waals surface area contributed by atoms with Gasteiger partial charge in [-0.2, -0.15) is 18.3 Å². The van der Waals surface area contributed by atoms with Crippen molar-refractivity contribution in [1.29, 1.82) is 0 Å². The maximum absolute atomic E-state index is 12.2. The Balaban J connectivity index is 2.69. The molecule has 2 aromatic heterocycles. The van der Waals surface area contributed by atoms with E-state index in [1.54, 1.807) is 0 Å². The van der Waals surface area contributed by atoms with Crippen LogP contribution in [-0.4, -0.2) is 14.6 Å². The Morgan fingerprint density at radius 1 is 1.36 bits per heavy atom. The normalized spacial score (nSPS) is 12.3. The van der Waals surface area contributed by atoms with Crippen molar-refractivity contribution in [2.24, 2.45) is 0 Å². The summed E-state index contributed by atoms with van der Waals surface area (Å²) in [6, 6.07) is 0.856. The van der Waals surface area contributed by atoms with Crippen LogP contribution in [0.15, 0.2) is 18.5 Å². The standard InChI is InChI=1S/C7H3ClF3N3/c8-6-4-3-5(7(9,10)11)13-14(4)2-1-12-6/h1-3H. The Labute approximate surface area is 81.1 Å². The van der Waals surface area contributed by atoms with Gasteiger partial charge in [0.1, 0.15) is 5.52 Å². The van der Waals surface area contributed by atoms with E-state index < -0.39 is 11.9 Å². The van der Waals surface area contributed by atoms with Crippen LogP contribution in [0.4, 0.5) is 13.2 Å². The fraction of sp³-hybridized carbons (Fsp3) is 0.143. The van der Waals surface area contributed by atoms with Gasteiger partial charge in [-0.25, -0.2) is 9.50 Å². The molecule has 0 amide bonds. The fourth-order valence-electron chi connectivity index (χ4n) is 1.03. The molecule has 0 aliphatic carbocycles. The zero-order chi connectivity index (χ0) is 10.3. The highest BCUT2D eigenvalue weighted by Crippen LogP contribution is 2.29. The van der Waals surface area contributed by atoms with Gasteiger partial charge in [-0.3, -0.25) is 0 Å². The predicted molar refractivity (Wildman–Crippen MR) is 43.0 cm³/mol. The molecule has 0 radical (unpaired) electrons. The summed E-state index contributed by atoms with van der Waals surface area (Å²) in [4.78, 5) is 3.64. The molecule has 0 saturated heterocycles. The highest BCUT2D eigenvalue weighted by molar-refractivity contribution is 6.32. The Kier molecular flexibility index (Phi) is 1.88. The van der Waals surface area contributed by atoms with Crippen molar-refractivity contribution >= 4 is 17.1 Å². The van der Waals surface area contributed by atoms with E-state index in [9.17, 15) is 13.2 Å². The average molecular weight is 222 g/mol. The first kappa shape index (κ1) is 9.26. The van der Waals surface area contributed by atoms with E-state index in [0.717, 1.165) is 10.6 Å². The van der Waals surface area contributed by atoms with Crippen molar-refractivity contribution in [3.63, 3.8) is 0 Å². The number of hydrogen-bond donors (Lipinski definition) is 0. The number of halogens is 4. The molecular formula is C7H3ClF3N3. The van der Waals surface area contributed by atoms with Gasteiger partial charge in [0, 0.05) is 12.4 Å². The molecule has 0 aromatic carbocycles. The quantitative estimate of drug-likeness (QED) is 0.684. The first-order chi connectivity index (χ1) is 6.48. The average Bonchev–Trinajstić information content (AvgIpc) is 2.48. The molecule has 0 spiro atoms. The summed E-state index contributed by atoms with van der Waals surface area (Å²) >= 11 is 5.58. The van der Waals surface area contributed by atoms with Gasteiger partial charge in [0.15, 0.2) is 10.8 Å². The summed E-state index contributed by atoms with van der Waals surface area (Å²) in [5.41, 5.74) is -0.839. The zero-order valence-electron chi connectivity index (χ0n) is 6.59. The summed E-state index contributed by atoms with van der Waals surface area (Å²) in [5.74, 6) is 0. The van der Waals surface area contributed by atoms with E-state index in [4.69, 9.17) is 11.6 Å². The highest BCUT2D eigenvalue weighted by Gasteiger charge is 2.34. The highest BCUT2D eigenvalue weighted by atomic mass is 35.5. The summed E-state index contributed by atoms with van der Waals surface area (Å²) in [7, 11) is 0. The summed E-state index contributed by atoms with van der Waals surface area (Å²) in [5, 5.41) is 3.31. The van der Waals surface area contributed by atoms with Crippen LogP contribution >= 0.6 is 11.6 Å². The monoisotopic (exact) mass is 221 g/mol. The van der Waals surface area contributed by atoms with Gasteiger partial charge in [-0.15, -0.1) is 0 Å². The van der Waals surface area contributed by atoms with Gasteiger partial charge in [-0.1, -0.05) is 11.6 Å². The van der Waals surface area contributed by atoms with E-state index in [0.29, 0.717) is 0 Å². The van der Waals surface area contributed by atoms with Crippen LogP contribution in [0.25, 0.3) is 5.52 Å². The van der Waals surface area contributed by atoms with E-state index in [1.165, 1.54) is 12.4 Å². The van der Waals surface area contributed by atoms with Crippen LogP contribution in [0.5, 0.6) is 0 Å². The molecule has 0 atom stereocenters. The first-order valence-electron chi connectivity index (χ1n) is 3.55. The molecule has 7 heteroatoms. The number of nitrogens with zero attached hydrogens (tertiary/aromatic N) is 3. The third-order valence-electron chi connectivity index (χ3n) is 1.63. The van der Waals surface area contributed by atoms with E-state index in [2.05, 4.69) is 10.1 Å². The van der Waals surface area contributed by atoms with Crippen LogP contribution in [0.3, 0.4) is 0 Å². The van der Waals surface area contributed by atoms with Gasteiger partial charge < -0.3 is 0 Å². The predicted octanol–water partition coefficient (Wildman–Crippen LogP) is 2.40. The number of hydrogen-bond acceptors (Lipinski definition) is 2. The number of aromatic nitrogens is 3. The van der Waals surface area contributed by atoms with Crippen LogP contribution in [0.2, 0.25) is 5.15 Å². The lowest BCUT2D eigenvalue weighted by molar-refractivity contribution is -0.141. The molecule has 2 aromatic rings. The molecular weight excluding hydrogens is 219 g/mol. The smallest absolute Gasteiger partial charge is 0.241 e. The minimum absolute atomic E-state index is 0.00417. The third kappa shape index (κ3) is 1.41. The lowest BCUT2D eigenvalue weighted by Crippen LogP contribution is -2.05. The molecule has 0 aliphatic rings. The van der Waals surface area contributed by atoms with Crippen molar-refractivity contribution in [1.82, 2.24) is 14.6 Å². The maximum atomic E-state index is 12.2. The molecule has 0 unspecified atom stereocenters. The molecule has 3 nitrogen and oxygen atoms in total. The second-order valence-electron chi connectivity index (χ2n) is 2.58. The molecule has 2 heterocycles. The van der Waals surface area contributed by atoms with Crippen molar-refractivity contribution in [3.8, 4) is 0 Å². The van der Waals surface area contributed by atoms with Gasteiger partial charge >= 0.3 is 6.18 Å².